The molecule has 0 radical (unpaired) electrons. The Hall–Kier alpha value is -1.36. The quantitative estimate of drug-likeness (QED) is 0.655. The molecule has 2 aromatic rings. The summed E-state index contributed by atoms with van der Waals surface area (Å²) < 4.78 is 6.71. The van der Waals surface area contributed by atoms with E-state index in [-0.39, 0.29) is 6.04 Å². The first-order chi connectivity index (χ1) is 9.26. The van der Waals surface area contributed by atoms with Gasteiger partial charge in [-0.15, -0.1) is 0 Å². The number of benzene rings is 2. The summed E-state index contributed by atoms with van der Waals surface area (Å²) in [5.41, 5.74) is 4.99. The molecule has 0 amide bonds. The Morgan fingerprint density at radius 2 is 1.84 bits per heavy atom. The van der Waals surface area contributed by atoms with Crippen molar-refractivity contribution < 1.29 is 4.74 Å². The van der Waals surface area contributed by atoms with E-state index < -0.39 is 0 Å². The van der Waals surface area contributed by atoms with Gasteiger partial charge in [-0.25, -0.2) is 5.43 Å². The van der Waals surface area contributed by atoms with Crippen molar-refractivity contribution in [1.29, 1.82) is 0 Å². The lowest BCUT2D eigenvalue weighted by atomic mass is 9.98. The first kappa shape index (κ1) is 14.1. The van der Waals surface area contributed by atoms with Gasteiger partial charge >= 0.3 is 0 Å². The number of nitrogens with one attached hydrogen (secondary N) is 1. The first-order valence-electron chi connectivity index (χ1n) is 6.19. The summed E-state index contributed by atoms with van der Waals surface area (Å²) in [7, 11) is 0. The van der Waals surface area contributed by atoms with Crippen LogP contribution in [0.15, 0.2) is 53.0 Å². The molecule has 19 heavy (non-hydrogen) atoms. The number of hydrogen-bond donors (Lipinski definition) is 2. The van der Waals surface area contributed by atoms with Crippen LogP contribution in [0.5, 0.6) is 5.75 Å². The van der Waals surface area contributed by atoms with Crippen LogP contribution >= 0.6 is 15.9 Å². The maximum atomic E-state index is 5.72. The van der Waals surface area contributed by atoms with E-state index in [0.29, 0.717) is 6.61 Å². The number of hydrazine groups is 1. The monoisotopic (exact) mass is 320 g/mol. The van der Waals surface area contributed by atoms with Crippen molar-refractivity contribution in [2.45, 2.75) is 13.0 Å². The Balaban J connectivity index is 2.39. The topological polar surface area (TPSA) is 47.3 Å². The number of ether oxygens (including phenoxy) is 1. The van der Waals surface area contributed by atoms with Gasteiger partial charge < -0.3 is 4.74 Å². The highest BCUT2D eigenvalue weighted by atomic mass is 79.9. The second-order valence-corrected chi connectivity index (χ2v) is 5.04. The van der Waals surface area contributed by atoms with E-state index in [9.17, 15) is 0 Å². The van der Waals surface area contributed by atoms with Gasteiger partial charge in [0.1, 0.15) is 5.75 Å². The molecule has 1 atom stereocenters. The number of hydrogen-bond acceptors (Lipinski definition) is 3. The summed E-state index contributed by atoms with van der Waals surface area (Å²) in [6.45, 7) is 2.61. The van der Waals surface area contributed by atoms with Gasteiger partial charge in [0.2, 0.25) is 0 Å². The van der Waals surface area contributed by atoms with Crippen molar-refractivity contribution in [2.75, 3.05) is 6.61 Å². The Morgan fingerprint density at radius 1 is 1.16 bits per heavy atom. The van der Waals surface area contributed by atoms with Crippen molar-refractivity contribution in [1.82, 2.24) is 5.43 Å². The maximum absolute atomic E-state index is 5.72. The fourth-order valence-electron chi connectivity index (χ4n) is 2.03. The molecule has 0 aliphatic carbocycles. The third-order valence-corrected chi connectivity index (χ3v) is 3.43. The van der Waals surface area contributed by atoms with Crippen LogP contribution in [-0.4, -0.2) is 6.61 Å². The molecule has 0 heterocycles. The average Bonchev–Trinajstić information content (AvgIpc) is 2.44. The zero-order chi connectivity index (χ0) is 13.7. The molecular formula is C15H17BrN2O. The van der Waals surface area contributed by atoms with Crippen molar-refractivity contribution >= 4 is 15.9 Å². The van der Waals surface area contributed by atoms with Crippen LogP contribution in [0.1, 0.15) is 24.1 Å². The second kappa shape index (κ2) is 6.70. The van der Waals surface area contributed by atoms with E-state index in [0.717, 1.165) is 21.3 Å². The van der Waals surface area contributed by atoms with Gasteiger partial charge in [-0.1, -0.05) is 46.3 Å². The fraction of sp³-hybridized carbons (Fsp3) is 0.200. The lowest BCUT2D eigenvalue weighted by Crippen LogP contribution is -2.29. The van der Waals surface area contributed by atoms with Crippen molar-refractivity contribution in [2.24, 2.45) is 5.84 Å². The smallest absolute Gasteiger partial charge is 0.124 e. The minimum absolute atomic E-state index is 0.0872. The average molecular weight is 321 g/mol. The molecule has 0 aliphatic rings. The van der Waals surface area contributed by atoms with Crippen LogP contribution in [0.25, 0.3) is 0 Å². The normalized spacial score (nSPS) is 12.2. The van der Waals surface area contributed by atoms with E-state index in [1.165, 1.54) is 0 Å². The van der Waals surface area contributed by atoms with Gasteiger partial charge in [0.15, 0.2) is 0 Å². The highest BCUT2D eigenvalue weighted by Crippen LogP contribution is 2.30. The maximum Gasteiger partial charge on any atom is 0.124 e. The largest absolute Gasteiger partial charge is 0.494 e. The van der Waals surface area contributed by atoms with Crippen LogP contribution in [0.4, 0.5) is 0 Å². The minimum Gasteiger partial charge on any atom is -0.494 e. The summed E-state index contributed by atoms with van der Waals surface area (Å²) in [5, 5.41) is 0. The number of rotatable bonds is 5. The fourth-order valence-corrected chi connectivity index (χ4v) is 2.29. The number of halogens is 1. The van der Waals surface area contributed by atoms with Gasteiger partial charge in [0.25, 0.3) is 0 Å². The van der Waals surface area contributed by atoms with Crippen molar-refractivity contribution in [3.63, 3.8) is 0 Å². The van der Waals surface area contributed by atoms with Gasteiger partial charge in [-0.05, 0) is 30.7 Å². The van der Waals surface area contributed by atoms with Crippen LogP contribution in [-0.2, 0) is 0 Å². The van der Waals surface area contributed by atoms with Crippen LogP contribution < -0.4 is 16.0 Å². The summed E-state index contributed by atoms with van der Waals surface area (Å²) >= 11 is 3.44. The third kappa shape index (κ3) is 3.35. The SMILES string of the molecule is CCOc1ccccc1C(NN)c1ccc(Br)cc1. The summed E-state index contributed by atoms with van der Waals surface area (Å²) in [4.78, 5) is 0. The Labute approximate surface area is 121 Å². The Morgan fingerprint density at radius 3 is 2.47 bits per heavy atom. The van der Waals surface area contributed by atoms with Crippen LogP contribution in [0.3, 0.4) is 0 Å². The molecule has 3 N–H and O–H groups in total. The Kier molecular flexibility index (Phi) is 4.96. The molecule has 2 aromatic carbocycles. The lowest BCUT2D eigenvalue weighted by molar-refractivity contribution is 0.333. The molecule has 1 unspecified atom stereocenters. The molecule has 3 nitrogen and oxygen atoms in total. The standard InChI is InChI=1S/C15H17BrN2O/c1-2-19-14-6-4-3-5-13(14)15(18-17)11-7-9-12(16)10-8-11/h3-10,15,18H,2,17H2,1H3. The lowest BCUT2D eigenvalue weighted by Gasteiger charge is -2.20. The van der Waals surface area contributed by atoms with Gasteiger partial charge in [0.05, 0.1) is 12.6 Å². The second-order valence-electron chi connectivity index (χ2n) is 4.12. The van der Waals surface area contributed by atoms with E-state index in [4.69, 9.17) is 10.6 Å². The highest BCUT2D eigenvalue weighted by molar-refractivity contribution is 9.10. The Bertz CT molecular complexity index is 528. The number of nitrogens with two attached hydrogens (primary N) is 1. The molecule has 100 valence electrons. The van der Waals surface area contributed by atoms with E-state index >= 15 is 0 Å². The molecular weight excluding hydrogens is 304 g/mol. The number of para-hydroxylation sites is 1. The molecule has 0 aliphatic heterocycles. The zero-order valence-electron chi connectivity index (χ0n) is 10.8. The van der Waals surface area contributed by atoms with Crippen molar-refractivity contribution in [3.05, 3.63) is 64.1 Å². The summed E-state index contributed by atoms with van der Waals surface area (Å²) in [6, 6.07) is 15.9. The molecule has 0 bridgehead atoms. The molecule has 2 rings (SSSR count). The summed E-state index contributed by atoms with van der Waals surface area (Å²) in [5.74, 6) is 6.58. The third-order valence-electron chi connectivity index (χ3n) is 2.90. The van der Waals surface area contributed by atoms with Gasteiger partial charge in [-0.3, -0.25) is 5.84 Å². The molecule has 4 heteroatoms. The minimum atomic E-state index is -0.0872. The molecule has 0 saturated heterocycles. The highest BCUT2D eigenvalue weighted by Gasteiger charge is 2.16. The molecule has 0 aromatic heterocycles. The van der Waals surface area contributed by atoms with E-state index in [2.05, 4.69) is 21.4 Å². The van der Waals surface area contributed by atoms with Crippen LogP contribution in [0.2, 0.25) is 0 Å². The predicted octanol–water partition coefficient (Wildman–Crippen LogP) is 3.40. The van der Waals surface area contributed by atoms with Crippen LogP contribution in [0, 0.1) is 0 Å². The molecule has 0 fully saturated rings. The van der Waals surface area contributed by atoms with E-state index in [1.807, 2.05) is 55.5 Å². The molecule has 0 spiro atoms. The van der Waals surface area contributed by atoms with Crippen molar-refractivity contribution in [3.8, 4) is 5.75 Å². The van der Waals surface area contributed by atoms with Gasteiger partial charge in [0, 0.05) is 10.0 Å². The summed E-state index contributed by atoms with van der Waals surface area (Å²) in [6.07, 6.45) is 0. The first-order valence-corrected chi connectivity index (χ1v) is 6.99. The predicted molar refractivity (Wildman–Crippen MR) is 80.9 cm³/mol. The van der Waals surface area contributed by atoms with Gasteiger partial charge in [-0.2, -0.15) is 0 Å². The molecule has 0 saturated carbocycles. The zero-order valence-corrected chi connectivity index (χ0v) is 12.4. The van der Waals surface area contributed by atoms with E-state index in [1.54, 1.807) is 0 Å².